The Morgan fingerprint density at radius 2 is 2.00 bits per heavy atom. The van der Waals surface area contributed by atoms with Crippen LogP contribution in [-0.4, -0.2) is 47.9 Å². The molecule has 228 valence electrons. The summed E-state index contributed by atoms with van der Waals surface area (Å²) >= 11 is 0. The van der Waals surface area contributed by atoms with Gasteiger partial charge >= 0.3 is 5.97 Å². The first-order valence-corrected chi connectivity index (χ1v) is 15.2. The summed E-state index contributed by atoms with van der Waals surface area (Å²) < 4.78 is 71.0. The molecule has 0 amide bonds. The van der Waals surface area contributed by atoms with Crippen LogP contribution in [0.1, 0.15) is 36.7 Å². The molecule has 0 saturated carbocycles. The zero-order valence-electron chi connectivity index (χ0n) is 23.9. The summed E-state index contributed by atoms with van der Waals surface area (Å²) in [6, 6.07) is 10.7. The smallest absolute Gasteiger partial charge is 0.303 e. The van der Waals surface area contributed by atoms with Crippen LogP contribution in [0.2, 0.25) is 0 Å². The number of H-pyrrole nitrogens is 1. The zero-order chi connectivity index (χ0) is 31.3. The van der Waals surface area contributed by atoms with Crippen LogP contribution in [0.5, 0.6) is 17.2 Å². The zero-order valence-corrected chi connectivity index (χ0v) is 24.7. The van der Waals surface area contributed by atoms with Crippen LogP contribution < -0.4 is 9.47 Å². The second-order valence-corrected chi connectivity index (χ2v) is 12.1. The number of hydrogen-bond donors (Lipinski definition) is 2. The van der Waals surface area contributed by atoms with Crippen molar-refractivity contribution in [1.29, 1.82) is 0 Å². The molecular weight excluding hydrogens is 597 g/mol. The maximum Gasteiger partial charge on any atom is 0.303 e. The van der Waals surface area contributed by atoms with Gasteiger partial charge in [-0.1, -0.05) is 18.2 Å². The van der Waals surface area contributed by atoms with E-state index in [2.05, 4.69) is 10.1 Å². The van der Waals surface area contributed by atoms with Gasteiger partial charge in [-0.15, -0.1) is 0 Å². The molecule has 13 heteroatoms. The SMILES string of the molecule is Cn1nc(C2(C)CCOc3c(CCC(=O)O)cccc32)nc1-c1cc(Oc2c(F)c(F)c3[nH]ccc3c2S(C)=O)ccc1F. The number of nitrogens with zero attached hydrogens (tertiary/aromatic N) is 3. The fourth-order valence-electron chi connectivity index (χ4n) is 5.61. The van der Waals surface area contributed by atoms with Gasteiger partial charge in [0.25, 0.3) is 0 Å². The highest BCUT2D eigenvalue weighted by atomic mass is 32.2. The van der Waals surface area contributed by atoms with E-state index in [0.29, 0.717) is 31.0 Å². The van der Waals surface area contributed by atoms with Gasteiger partial charge in [0.2, 0.25) is 5.82 Å². The molecule has 0 aliphatic carbocycles. The summed E-state index contributed by atoms with van der Waals surface area (Å²) in [6.07, 6.45) is 3.49. The molecule has 2 unspecified atom stereocenters. The summed E-state index contributed by atoms with van der Waals surface area (Å²) in [6.45, 7) is 2.29. The number of rotatable bonds is 8. The van der Waals surface area contributed by atoms with Crippen molar-refractivity contribution in [2.45, 2.75) is 36.5 Å². The fraction of sp³-hybridized carbons (Fsp3) is 0.258. The van der Waals surface area contributed by atoms with E-state index in [9.17, 15) is 13.4 Å². The number of carboxylic acids is 1. The molecule has 2 aromatic heterocycles. The Morgan fingerprint density at radius 3 is 2.75 bits per heavy atom. The lowest BCUT2D eigenvalue weighted by Gasteiger charge is -2.34. The number of benzene rings is 3. The molecule has 0 bridgehead atoms. The van der Waals surface area contributed by atoms with Crippen molar-refractivity contribution in [2.24, 2.45) is 7.05 Å². The largest absolute Gasteiger partial charge is 0.493 e. The van der Waals surface area contributed by atoms with E-state index in [-0.39, 0.29) is 39.4 Å². The molecule has 0 spiro atoms. The predicted octanol–water partition coefficient (Wildman–Crippen LogP) is 6.02. The fourth-order valence-corrected chi connectivity index (χ4v) is 6.48. The van der Waals surface area contributed by atoms with Crippen molar-refractivity contribution in [2.75, 3.05) is 12.9 Å². The maximum absolute atomic E-state index is 15.3. The van der Waals surface area contributed by atoms with Crippen molar-refractivity contribution in [3.8, 4) is 28.6 Å². The third-order valence-corrected chi connectivity index (χ3v) is 8.88. The quantitative estimate of drug-likeness (QED) is 0.217. The van der Waals surface area contributed by atoms with Crippen molar-refractivity contribution >= 4 is 27.7 Å². The molecule has 1 aliphatic heterocycles. The Balaban J connectivity index is 1.39. The first kappa shape index (κ1) is 29.4. The number of fused-ring (bicyclic) bond motifs is 2. The number of ether oxygens (including phenoxy) is 2. The molecule has 0 saturated heterocycles. The van der Waals surface area contributed by atoms with Gasteiger partial charge in [0.1, 0.15) is 17.3 Å². The second-order valence-electron chi connectivity index (χ2n) is 10.8. The number of halogens is 3. The van der Waals surface area contributed by atoms with E-state index in [1.165, 1.54) is 35.3 Å². The molecule has 2 atom stereocenters. The Hall–Kier alpha value is -4.65. The standard InChI is InChI=1S/C31H27F3N4O5S/c1-31(12-14-42-26-16(7-10-22(39)40)5-4-6-20(26)31)30-36-29(38(2)37-30)19-15-17(8-9-21(19)32)43-27-24(34)23(33)25-18(11-13-35-25)28(27)44(3)41/h4-6,8-9,11,13,15,35H,7,10,12,14H2,1-3H3,(H,39,40). The average molecular weight is 625 g/mol. The molecule has 3 aromatic carbocycles. The topological polar surface area (TPSA) is 119 Å². The average Bonchev–Trinajstić information content (AvgIpc) is 3.63. The molecule has 0 fully saturated rings. The van der Waals surface area contributed by atoms with E-state index in [0.717, 1.165) is 17.2 Å². The number of nitrogens with one attached hydrogen (secondary N) is 1. The summed E-state index contributed by atoms with van der Waals surface area (Å²) in [7, 11) is -0.145. The number of aliphatic carboxylic acids is 1. The van der Waals surface area contributed by atoms with Gasteiger partial charge in [0, 0.05) is 36.9 Å². The van der Waals surface area contributed by atoms with Gasteiger partial charge in [-0.3, -0.25) is 9.00 Å². The monoisotopic (exact) mass is 624 g/mol. The Morgan fingerprint density at radius 1 is 1.20 bits per heavy atom. The van der Waals surface area contributed by atoms with Crippen LogP contribution in [0, 0.1) is 17.5 Å². The number of aryl methyl sites for hydroxylation is 2. The summed E-state index contributed by atoms with van der Waals surface area (Å²) in [5.41, 5.74) is 0.678. The third kappa shape index (κ3) is 4.90. The normalized spacial score (nSPS) is 16.9. The summed E-state index contributed by atoms with van der Waals surface area (Å²) in [4.78, 5) is 18.5. The van der Waals surface area contributed by atoms with E-state index in [4.69, 9.17) is 19.6 Å². The highest BCUT2D eigenvalue weighted by molar-refractivity contribution is 7.84. The molecular formula is C31H27F3N4O5S. The molecule has 5 aromatic rings. The lowest BCUT2D eigenvalue weighted by molar-refractivity contribution is -0.136. The minimum atomic E-state index is -1.75. The van der Waals surface area contributed by atoms with Crippen LogP contribution >= 0.6 is 0 Å². The molecule has 3 heterocycles. The van der Waals surface area contributed by atoms with Crippen molar-refractivity contribution in [1.82, 2.24) is 19.7 Å². The lowest BCUT2D eigenvalue weighted by Crippen LogP contribution is -2.33. The van der Waals surface area contributed by atoms with Crippen LogP contribution in [0.15, 0.2) is 53.6 Å². The van der Waals surface area contributed by atoms with E-state index in [1.54, 1.807) is 7.05 Å². The lowest BCUT2D eigenvalue weighted by atomic mass is 9.76. The van der Waals surface area contributed by atoms with E-state index in [1.807, 2.05) is 25.1 Å². The number of carboxylic acid groups (broad SMARTS) is 1. The van der Waals surface area contributed by atoms with Crippen LogP contribution in [0.3, 0.4) is 0 Å². The van der Waals surface area contributed by atoms with Gasteiger partial charge in [-0.2, -0.15) is 9.49 Å². The number of hydrogen-bond acceptors (Lipinski definition) is 6. The number of para-hydroxylation sites is 1. The minimum absolute atomic E-state index is 0.00221. The summed E-state index contributed by atoms with van der Waals surface area (Å²) in [5.74, 6) is -3.52. The van der Waals surface area contributed by atoms with Crippen LogP contribution in [-0.2, 0) is 34.5 Å². The van der Waals surface area contributed by atoms with Crippen molar-refractivity contribution in [3.63, 3.8) is 0 Å². The van der Waals surface area contributed by atoms with Crippen molar-refractivity contribution < 1.29 is 36.8 Å². The molecule has 44 heavy (non-hydrogen) atoms. The third-order valence-electron chi connectivity index (χ3n) is 7.90. The van der Waals surface area contributed by atoms with Gasteiger partial charge in [-0.25, -0.2) is 18.4 Å². The van der Waals surface area contributed by atoms with Gasteiger partial charge in [0.05, 0.1) is 38.8 Å². The van der Waals surface area contributed by atoms with Crippen LogP contribution in [0.4, 0.5) is 13.2 Å². The highest BCUT2D eigenvalue weighted by Crippen LogP contribution is 2.45. The summed E-state index contributed by atoms with van der Waals surface area (Å²) in [5, 5.41) is 14.0. The molecule has 9 nitrogen and oxygen atoms in total. The number of aromatic nitrogens is 4. The van der Waals surface area contributed by atoms with Crippen molar-refractivity contribution in [3.05, 3.63) is 83.1 Å². The first-order valence-electron chi connectivity index (χ1n) is 13.7. The Labute approximate surface area is 252 Å². The molecule has 0 radical (unpaired) electrons. The predicted molar refractivity (Wildman–Crippen MR) is 156 cm³/mol. The first-order chi connectivity index (χ1) is 21.0. The highest BCUT2D eigenvalue weighted by Gasteiger charge is 2.40. The molecule has 6 rings (SSSR count). The van der Waals surface area contributed by atoms with Gasteiger partial charge in [0.15, 0.2) is 23.2 Å². The van der Waals surface area contributed by atoms with Gasteiger partial charge < -0.3 is 19.6 Å². The number of carbonyl (C=O) groups is 1. The maximum atomic E-state index is 15.3. The number of aromatic amines is 1. The Kier molecular flexibility index (Phi) is 7.44. The minimum Gasteiger partial charge on any atom is -0.493 e. The Bertz CT molecular complexity index is 1970. The van der Waals surface area contributed by atoms with E-state index < -0.39 is 45.4 Å². The molecule has 2 N–H and O–H groups in total. The van der Waals surface area contributed by atoms with Gasteiger partial charge in [-0.05, 0) is 49.6 Å². The second kappa shape index (κ2) is 11.1. The molecule has 1 aliphatic rings. The van der Waals surface area contributed by atoms with E-state index >= 15 is 8.78 Å². The van der Waals surface area contributed by atoms with Crippen LogP contribution in [0.25, 0.3) is 22.3 Å².